The molecule has 112 valence electrons. The Hall–Kier alpha value is -1.42. The van der Waals surface area contributed by atoms with Gasteiger partial charge in [0, 0.05) is 19.7 Å². The molecule has 0 heterocycles. The van der Waals surface area contributed by atoms with E-state index in [4.69, 9.17) is 4.74 Å². The fraction of sp³-hybridized carbons (Fsp3) is 0.562. The van der Waals surface area contributed by atoms with Crippen LogP contribution in [-0.4, -0.2) is 37.1 Å². The number of methoxy groups -OCH3 is 1. The van der Waals surface area contributed by atoms with Crippen molar-refractivity contribution >= 4 is 5.91 Å². The number of ether oxygens (including phenoxy) is 1. The summed E-state index contributed by atoms with van der Waals surface area (Å²) in [5.41, 5.74) is 0.711. The predicted molar refractivity (Wildman–Crippen MR) is 78.1 cm³/mol. The number of halogens is 1. The molecule has 1 aromatic rings. The van der Waals surface area contributed by atoms with Crippen molar-refractivity contribution in [3.63, 3.8) is 0 Å². The average molecular weight is 281 g/mol. The van der Waals surface area contributed by atoms with Gasteiger partial charge < -0.3 is 9.64 Å². The highest BCUT2D eigenvalue weighted by Crippen LogP contribution is 2.12. The number of hydrogen-bond acceptors (Lipinski definition) is 2. The zero-order valence-electron chi connectivity index (χ0n) is 12.6. The van der Waals surface area contributed by atoms with E-state index in [1.807, 2.05) is 4.90 Å². The quantitative estimate of drug-likeness (QED) is 0.733. The first kappa shape index (κ1) is 16.6. The van der Waals surface area contributed by atoms with Gasteiger partial charge in [-0.05, 0) is 30.5 Å². The summed E-state index contributed by atoms with van der Waals surface area (Å²) in [5, 5.41) is 0. The van der Waals surface area contributed by atoms with E-state index < -0.39 is 0 Å². The summed E-state index contributed by atoms with van der Waals surface area (Å²) in [6, 6.07) is 6.43. The number of hydrogen-bond donors (Lipinski definition) is 0. The fourth-order valence-corrected chi connectivity index (χ4v) is 2.35. The third kappa shape index (κ3) is 4.93. The topological polar surface area (TPSA) is 29.5 Å². The first-order valence-electron chi connectivity index (χ1n) is 7.15. The fourth-order valence-electron chi connectivity index (χ4n) is 2.35. The van der Waals surface area contributed by atoms with Crippen molar-refractivity contribution in [3.05, 3.63) is 35.6 Å². The molecule has 0 atom stereocenters. The molecule has 0 unspecified atom stereocenters. The third-order valence-corrected chi connectivity index (χ3v) is 3.48. The third-order valence-electron chi connectivity index (χ3n) is 3.48. The Balaban J connectivity index is 2.76. The highest BCUT2D eigenvalue weighted by molar-refractivity contribution is 5.79. The molecule has 0 aliphatic rings. The number of nitrogens with zero attached hydrogens (tertiary/aromatic N) is 1. The molecule has 1 aromatic carbocycles. The van der Waals surface area contributed by atoms with E-state index in [9.17, 15) is 9.18 Å². The molecule has 1 rings (SSSR count). The molecule has 0 spiro atoms. The van der Waals surface area contributed by atoms with Crippen LogP contribution in [0.2, 0.25) is 0 Å². The highest BCUT2D eigenvalue weighted by Gasteiger charge is 2.20. The molecule has 0 N–H and O–H groups in total. The Morgan fingerprint density at radius 1 is 1.35 bits per heavy atom. The van der Waals surface area contributed by atoms with Crippen LogP contribution in [0, 0.1) is 5.82 Å². The summed E-state index contributed by atoms with van der Waals surface area (Å²) >= 11 is 0. The van der Waals surface area contributed by atoms with Crippen molar-refractivity contribution in [2.75, 3.05) is 20.3 Å². The Bertz CT molecular complexity index is 419. The van der Waals surface area contributed by atoms with Gasteiger partial charge in [-0.25, -0.2) is 4.39 Å². The van der Waals surface area contributed by atoms with Crippen LogP contribution < -0.4 is 0 Å². The highest BCUT2D eigenvalue weighted by atomic mass is 19.1. The van der Waals surface area contributed by atoms with Crippen LogP contribution in [0.15, 0.2) is 24.3 Å². The van der Waals surface area contributed by atoms with Gasteiger partial charge in [0.15, 0.2) is 0 Å². The Kier molecular flexibility index (Phi) is 7.23. The lowest BCUT2D eigenvalue weighted by molar-refractivity contribution is -0.133. The van der Waals surface area contributed by atoms with E-state index in [0.29, 0.717) is 18.7 Å². The van der Waals surface area contributed by atoms with Crippen LogP contribution in [0.5, 0.6) is 0 Å². The molecular formula is C16H24FNO2. The number of carbonyl (C=O) groups is 1. The second kappa shape index (κ2) is 8.69. The van der Waals surface area contributed by atoms with Gasteiger partial charge >= 0.3 is 0 Å². The molecule has 1 amide bonds. The van der Waals surface area contributed by atoms with Crippen LogP contribution in [0.25, 0.3) is 0 Å². The van der Waals surface area contributed by atoms with Gasteiger partial charge in [0.1, 0.15) is 5.82 Å². The van der Waals surface area contributed by atoms with Crippen molar-refractivity contribution < 1.29 is 13.9 Å². The maximum absolute atomic E-state index is 13.2. The van der Waals surface area contributed by atoms with Gasteiger partial charge in [0.25, 0.3) is 0 Å². The van der Waals surface area contributed by atoms with E-state index in [1.165, 1.54) is 12.1 Å². The van der Waals surface area contributed by atoms with Crippen molar-refractivity contribution in [2.24, 2.45) is 0 Å². The number of benzene rings is 1. The van der Waals surface area contributed by atoms with Crippen LogP contribution in [-0.2, 0) is 16.0 Å². The second-order valence-corrected chi connectivity index (χ2v) is 4.86. The molecule has 3 nitrogen and oxygen atoms in total. The van der Waals surface area contributed by atoms with E-state index >= 15 is 0 Å². The molecule has 4 heteroatoms. The summed E-state index contributed by atoms with van der Waals surface area (Å²) < 4.78 is 18.2. The first-order chi connectivity index (χ1) is 9.62. The van der Waals surface area contributed by atoms with Gasteiger partial charge in [0.05, 0.1) is 13.0 Å². The normalized spacial score (nSPS) is 10.8. The molecule has 0 aliphatic carbocycles. The van der Waals surface area contributed by atoms with Crippen LogP contribution in [0.3, 0.4) is 0 Å². The lowest BCUT2D eigenvalue weighted by Gasteiger charge is -2.30. The first-order valence-corrected chi connectivity index (χ1v) is 7.15. The number of rotatable bonds is 8. The van der Waals surface area contributed by atoms with Gasteiger partial charge in [-0.2, -0.15) is 0 Å². The summed E-state index contributed by atoms with van der Waals surface area (Å²) in [6.45, 7) is 5.25. The Morgan fingerprint density at radius 3 is 2.60 bits per heavy atom. The van der Waals surface area contributed by atoms with Crippen LogP contribution >= 0.6 is 0 Å². The minimum Gasteiger partial charge on any atom is -0.383 e. The van der Waals surface area contributed by atoms with Gasteiger partial charge in [-0.3, -0.25) is 4.79 Å². The zero-order chi connectivity index (χ0) is 15.0. The molecule has 0 aromatic heterocycles. The standard InChI is InChI=1S/C16H24FNO2/c1-4-15(5-2)18(9-10-20-3)16(19)12-13-7-6-8-14(17)11-13/h6-8,11,15H,4-5,9-10,12H2,1-3H3. The van der Waals surface area contributed by atoms with Crippen LogP contribution in [0.4, 0.5) is 4.39 Å². The number of amides is 1. The zero-order valence-corrected chi connectivity index (χ0v) is 12.6. The molecule has 0 saturated carbocycles. The largest absolute Gasteiger partial charge is 0.383 e. The Labute approximate surface area is 120 Å². The SMILES string of the molecule is CCC(CC)N(CCOC)C(=O)Cc1cccc(F)c1. The molecule has 20 heavy (non-hydrogen) atoms. The maximum atomic E-state index is 13.2. The smallest absolute Gasteiger partial charge is 0.227 e. The van der Waals surface area contributed by atoms with Crippen LogP contribution in [0.1, 0.15) is 32.3 Å². The monoisotopic (exact) mass is 281 g/mol. The molecule has 0 radical (unpaired) electrons. The van der Waals surface area contributed by atoms with E-state index in [0.717, 1.165) is 12.8 Å². The Morgan fingerprint density at radius 2 is 2.05 bits per heavy atom. The number of carbonyl (C=O) groups excluding carboxylic acids is 1. The van der Waals surface area contributed by atoms with Crippen molar-refractivity contribution in [1.29, 1.82) is 0 Å². The summed E-state index contributed by atoms with van der Waals surface area (Å²) in [4.78, 5) is 14.3. The minimum absolute atomic E-state index is 0.0290. The molecule has 0 bridgehead atoms. The lowest BCUT2D eigenvalue weighted by Crippen LogP contribution is -2.42. The average Bonchev–Trinajstić information content (AvgIpc) is 2.43. The van der Waals surface area contributed by atoms with Gasteiger partial charge in [0.2, 0.25) is 5.91 Å². The van der Waals surface area contributed by atoms with Gasteiger partial charge in [-0.15, -0.1) is 0 Å². The van der Waals surface area contributed by atoms with E-state index in [-0.39, 0.29) is 24.2 Å². The lowest BCUT2D eigenvalue weighted by atomic mass is 10.1. The summed E-state index contributed by atoms with van der Waals surface area (Å²) in [7, 11) is 1.63. The molecule has 0 saturated heterocycles. The van der Waals surface area contributed by atoms with E-state index in [1.54, 1.807) is 19.2 Å². The van der Waals surface area contributed by atoms with Crippen molar-refractivity contribution in [1.82, 2.24) is 4.90 Å². The maximum Gasteiger partial charge on any atom is 0.227 e. The molecule has 0 aliphatic heterocycles. The summed E-state index contributed by atoms with van der Waals surface area (Å²) in [6.07, 6.45) is 2.06. The predicted octanol–water partition coefficient (Wildman–Crippen LogP) is 3.03. The van der Waals surface area contributed by atoms with Gasteiger partial charge in [-0.1, -0.05) is 26.0 Å². The van der Waals surface area contributed by atoms with Crippen molar-refractivity contribution in [3.8, 4) is 0 Å². The summed E-state index contributed by atoms with van der Waals surface area (Å²) in [5.74, 6) is -0.275. The van der Waals surface area contributed by atoms with E-state index in [2.05, 4.69) is 13.8 Å². The second-order valence-electron chi connectivity index (χ2n) is 4.86. The molecule has 0 fully saturated rings. The van der Waals surface area contributed by atoms with Crippen molar-refractivity contribution in [2.45, 2.75) is 39.2 Å². The minimum atomic E-state index is -0.304. The molecular weight excluding hydrogens is 257 g/mol.